The zero-order valence-corrected chi connectivity index (χ0v) is 17.3. The first-order valence-corrected chi connectivity index (χ1v) is 10.5. The molecule has 166 valence electrons. The molecular weight excluding hydrogens is 446 g/mol. The summed E-state index contributed by atoms with van der Waals surface area (Å²) in [5.41, 5.74) is -4.24. The number of nitrogens with one attached hydrogen (secondary N) is 2. The van der Waals surface area contributed by atoms with Crippen LogP contribution >= 0.6 is 11.8 Å². The van der Waals surface area contributed by atoms with E-state index in [1.807, 2.05) is 0 Å². The molecule has 0 saturated heterocycles. The lowest BCUT2D eigenvalue weighted by molar-refractivity contribution is -0.0329. The van der Waals surface area contributed by atoms with Crippen LogP contribution in [0.4, 0.5) is 17.6 Å². The summed E-state index contributed by atoms with van der Waals surface area (Å²) in [7, 11) is 0. The maximum atomic E-state index is 14.3. The normalized spacial score (nSPS) is 14.8. The fraction of sp³-hybridized carbons (Fsp3) is 0.227. The van der Waals surface area contributed by atoms with Crippen molar-refractivity contribution in [3.05, 3.63) is 82.0 Å². The molecule has 1 saturated carbocycles. The third-order valence-electron chi connectivity index (χ3n) is 4.94. The monoisotopic (exact) mass is 463 g/mol. The van der Waals surface area contributed by atoms with Gasteiger partial charge in [-0.2, -0.15) is 13.2 Å². The maximum absolute atomic E-state index is 14.3. The number of nitrogens with zero attached hydrogens (tertiary/aromatic N) is 1. The largest absolute Gasteiger partial charge is 0.446 e. The first kappa shape index (κ1) is 22.1. The third-order valence-corrected chi connectivity index (χ3v) is 5.72. The molecule has 4 rings (SSSR count). The molecule has 1 aromatic heterocycles. The second kappa shape index (κ2) is 8.78. The van der Waals surface area contributed by atoms with E-state index in [0.29, 0.717) is 11.1 Å². The predicted molar refractivity (Wildman–Crippen MR) is 112 cm³/mol. The summed E-state index contributed by atoms with van der Waals surface area (Å²) in [6.07, 6.45) is 1.56. The van der Waals surface area contributed by atoms with Crippen molar-refractivity contribution in [3.63, 3.8) is 0 Å². The molecule has 5 nitrogen and oxygen atoms in total. The van der Waals surface area contributed by atoms with E-state index < -0.39 is 45.5 Å². The molecule has 10 heteroatoms. The van der Waals surface area contributed by atoms with Crippen LogP contribution in [0.2, 0.25) is 0 Å². The summed E-state index contributed by atoms with van der Waals surface area (Å²) in [6, 6.07) is 12.7. The molecule has 1 atom stereocenters. The smallest absolute Gasteiger partial charge is 0.344 e. The van der Waals surface area contributed by atoms with Gasteiger partial charge in [0.1, 0.15) is 17.3 Å². The van der Waals surface area contributed by atoms with Crippen LogP contribution in [-0.4, -0.2) is 21.4 Å². The molecule has 1 fully saturated rings. The molecule has 1 aliphatic rings. The van der Waals surface area contributed by atoms with E-state index in [9.17, 15) is 27.2 Å². The minimum absolute atomic E-state index is 0.0232. The number of thioether (sulfide) groups is 1. The number of benzene rings is 2. The number of H-pyrrole nitrogens is 1. The Bertz CT molecular complexity index is 1190. The third kappa shape index (κ3) is 5.37. The number of hydrogen-bond donors (Lipinski definition) is 2. The van der Waals surface area contributed by atoms with Gasteiger partial charge in [0.05, 0.1) is 10.9 Å². The lowest BCUT2D eigenvalue weighted by atomic mass is 10.0. The highest BCUT2D eigenvalue weighted by atomic mass is 32.2. The van der Waals surface area contributed by atoms with Gasteiger partial charge in [-0.25, -0.2) is 9.37 Å². The molecule has 0 unspecified atom stereocenters. The Labute approximate surface area is 184 Å². The van der Waals surface area contributed by atoms with Crippen LogP contribution < -0.4 is 10.9 Å². The number of carbonyl (C=O) groups is 1. The van der Waals surface area contributed by atoms with Gasteiger partial charge in [0.2, 0.25) is 0 Å². The molecule has 32 heavy (non-hydrogen) atoms. The summed E-state index contributed by atoms with van der Waals surface area (Å²) in [6.45, 7) is 0. The summed E-state index contributed by atoms with van der Waals surface area (Å²) in [5, 5.41) is 2.76. The number of aromatic nitrogens is 2. The molecular formula is C22H17F4N3O2S. The molecule has 1 amide bonds. The Balaban J connectivity index is 1.58. The number of alkyl halides is 3. The Kier molecular flexibility index (Phi) is 6.05. The zero-order chi connectivity index (χ0) is 22.9. The topological polar surface area (TPSA) is 74.8 Å². The number of rotatable bonds is 6. The second-order valence-electron chi connectivity index (χ2n) is 7.37. The molecule has 0 radical (unpaired) electrons. The van der Waals surface area contributed by atoms with Crippen molar-refractivity contribution in [1.29, 1.82) is 0 Å². The van der Waals surface area contributed by atoms with Gasteiger partial charge in [-0.05, 0) is 48.2 Å². The van der Waals surface area contributed by atoms with E-state index in [1.165, 1.54) is 6.07 Å². The molecule has 2 N–H and O–H groups in total. The number of aromatic amines is 1. The predicted octanol–water partition coefficient (Wildman–Crippen LogP) is 5.07. The zero-order valence-electron chi connectivity index (χ0n) is 16.4. The van der Waals surface area contributed by atoms with Crippen LogP contribution in [0.1, 0.15) is 34.9 Å². The SMILES string of the molecule is O=C(N[C@@H](c1ccc(SC(F)(F)F)c(F)c1)C1CC1)c1cc(=O)[nH]c(-c2ccccc2)n1. The quantitative estimate of drug-likeness (QED) is 0.396. The van der Waals surface area contributed by atoms with Crippen molar-refractivity contribution in [3.8, 4) is 11.4 Å². The van der Waals surface area contributed by atoms with E-state index in [2.05, 4.69) is 15.3 Å². The van der Waals surface area contributed by atoms with Crippen molar-refractivity contribution < 1.29 is 22.4 Å². The van der Waals surface area contributed by atoms with Crippen LogP contribution in [0.25, 0.3) is 11.4 Å². The average molecular weight is 463 g/mol. The molecule has 1 heterocycles. The number of halogens is 4. The van der Waals surface area contributed by atoms with Crippen molar-refractivity contribution >= 4 is 17.7 Å². The average Bonchev–Trinajstić information content (AvgIpc) is 3.58. The highest BCUT2D eigenvalue weighted by Crippen LogP contribution is 2.43. The van der Waals surface area contributed by atoms with Gasteiger partial charge < -0.3 is 10.3 Å². The molecule has 0 aliphatic heterocycles. The van der Waals surface area contributed by atoms with Crippen molar-refractivity contribution in [1.82, 2.24) is 15.3 Å². The highest BCUT2D eigenvalue weighted by Gasteiger charge is 2.35. The van der Waals surface area contributed by atoms with E-state index in [-0.39, 0.29) is 17.4 Å². The summed E-state index contributed by atoms with van der Waals surface area (Å²) in [5.74, 6) is -1.38. The minimum Gasteiger partial charge on any atom is -0.344 e. The summed E-state index contributed by atoms with van der Waals surface area (Å²) < 4.78 is 52.0. The Morgan fingerprint density at radius 1 is 1.12 bits per heavy atom. The molecule has 0 bridgehead atoms. The maximum Gasteiger partial charge on any atom is 0.446 e. The highest BCUT2D eigenvalue weighted by molar-refractivity contribution is 8.00. The lowest BCUT2D eigenvalue weighted by Crippen LogP contribution is -2.31. The number of amides is 1. The lowest BCUT2D eigenvalue weighted by Gasteiger charge is -2.19. The molecule has 2 aromatic carbocycles. The fourth-order valence-corrected chi connectivity index (χ4v) is 3.88. The van der Waals surface area contributed by atoms with Crippen LogP contribution in [0.3, 0.4) is 0 Å². The minimum atomic E-state index is -4.60. The van der Waals surface area contributed by atoms with Gasteiger partial charge in [-0.3, -0.25) is 9.59 Å². The van der Waals surface area contributed by atoms with E-state index >= 15 is 0 Å². The van der Waals surface area contributed by atoms with Crippen LogP contribution in [0.15, 0.2) is 64.3 Å². The molecule has 3 aromatic rings. The van der Waals surface area contributed by atoms with E-state index in [1.54, 1.807) is 30.3 Å². The summed E-state index contributed by atoms with van der Waals surface area (Å²) >= 11 is -0.527. The Hall–Kier alpha value is -3.14. The van der Waals surface area contributed by atoms with E-state index in [0.717, 1.165) is 31.0 Å². The van der Waals surface area contributed by atoms with Gasteiger partial charge in [-0.15, -0.1) is 0 Å². The van der Waals surface area contributed by atoms with Gasteiger partial charge >= 0.3 is 5.51 Å². The summed E-state index contributed by atoms with van der Waals surface area (Å²) in [4.78, 5) is 31.2. The van der Waals surface area contributed by atoms with Gasteiger partial charge in [0.15, 0.2) is 0 Å². The number of hydrogen-bond acceptors (Lipinski definition) is 4. The van der Waals surface area contributed by atoms with Crippen LogP contribution in [-0.2, 0) is 0 Å². The molecule has 1 aliphatic carbocycles. The molecule has 0 spiro atoms. The van der Waals surface area contributed by atoms with Gasteiger partial charge in [-0.1, -0.05) is 36.4 Å². The first-order valence-electron chi connectivity index (χ1n) is 9.72. The van der Waals surface area contributed by atoms with Crippen molar-refractivity contribution in [2.75, 3.05) is 0 Å². The van der Waals surface area contributed by atoms with Crippen molar-refractivity contribution in [2.24, 2.45) is 5.92 Å². The van der Waals surface area contributed by atoms with Crippen LogP contribution in [0.5, 0.6) is 0 Å². The van der Waals surface area contributed by atoms with Crippen molar-refractivity contribution in [2.45, 2.75) is 29.3 Å². The van der Waals surface area contributed by atoms with Gasteiger partial charge in [0, 0.05) is 11.6 Å². The Morgan fingerprint density at radius 2 is 1.84 bits per heavy atom. The van der Waals surface area contributed by atoms with E-state index in [4.69, 9.17) is 0 Å². The second-order valence-corrected chi connectivity index (χ2v) is 8.48. The number of carbonyl (C=O) groups excluding carboxylic acids is 1. The standard InChI is InChI=1S/C22H17F4N3O2S/c23-15-10-14(8-9-17(15)32-22(24,25)26)19(12-6-7-12)29-21(31)16-11-18(30)28-20(27-16)13-4-2-1-3-5-13/h1-5,8-12,19H,6-7H2,(H,29,31)(H,27,28,30)/t19-/m1/s1. The Morgan fingerprint density at radius 3 is 2.47 bits per heavy atom. The van der Waals surface area contributed by atoms with Crippen LogP contribution in [0, 0.1) is 11.7 Å². The fourth-order valence-electron chi connectivity index (χ4n) is 3.34. The first-order chi connectivity index (χ1) is 15.2. The van der Waals surface area contributed by atoms with Gasteiger partial charge in [0.25, 0.3) is 11.5 Å².